The maximum Gasteiger partial charge on any atom is 0.125 e. The van der Waals surface area contributed by atoms with Crippen LogP contribution in [0.2, 0.25) is 0 Å². The van der Waals surface area contributed by atoms with E-state index < -0.39 is 0 Å². The van der Waals surface area contributed by atoms with Crippen LogP contribution < -0.4 is 10.2 Å². The van der Waals surface area contributed by atoms with Crippen molar-refractivity contribution in [1.29, 1.82) is 0 Å². The van der Waals surface area contributed by atoms with Crippen LogP contribution in [-0.2, 0) is 6.42 Å². The van der Waals surface area contributed by atoms with Crippen LogP contribution in [0.3, 0.4) is 0 Å². The summed E-state index contributed by atoms with van der Waals surface area (Å²) in [4.78, 5) is 2.28. The van der Waals surface area contributed by atoms with Gasteiger partial charge in [0.05, 0.1) is 0 Å². The third kappa shape index (κ3) is 2.93. The van der Waals surface area contributed by atoms with E-state index >= 15 is 0 Å². The molecule has 0 bridgehead atoms. The number of nitrogens with one attached hydrogen (secondary N) is 1. The molecule has 0 radical (unpaired) electrons. The van der Waals surface area contributed by atoms with E-state index in [1.54, 1.807) is 12.1 Å². The van der Waals surface area contributed by atoms with E-state index in [0.29, 0.717) is 0 Å². The Hall–Kier alpha value is -1.87. The molecular weight excluding hydrogens is 263 g/mol. The Morgan fingerprint density at radius 2 is 1.95 bits per heavy atom. The van der Waals surface area contributed by atoms with Crippen molar-refractivity contribution in [2.75, 3.05) is 25.0 Å². The van der Waals surface area contributed by atoms with Gasteiger partial charge in [0.15, 0.2) is 0 Å². The molecule has 1 heterocycles. The monoisotopic (exact) mass is 284 g/mol. The molecule has 0 aliphatic carbocycles. The molecule has 21 heavy (non-hydrogen) atoms. The lowest BCUT2D eigenvalue weighted by molar-refractivity contribution is 0.578. The van der Waals surface area contributed by atoms with E-state index in [4.69, 9.17) is 0 Å². The highest BCUT2D eigenvalue weighted by molar-refractivity contribution is 5.58. The van der Waals surface area contributed by atoms with Crippen LogP contribution >= 0.6 is 0 Å². The first-order valence-corrected chi connectivity index (χ1v) is 7.44. The molecule has 3 rings (SSSR count). The Balaban J connectivity index is 1.80. The van der Waals surface area contributed by atoms with Crippen molar-refractivity contribution in [2.24, 2.45) is 0 Å². The first-order chi connectivity index (χ1) is 10.2. The van der Waals surface area contributed by atoms with Crippen molar-refractivity contribution in [3.05, 3.63) is 65.0 Å². The van der Waals surface area contributed by atoms with Crippen LogP contribution in [0.4, 0.5) is 10.1 Å². The summed E-state index contributed by atoms with van der Waals surface area (Å²) >= 11 is 0. The maximum absolute atomic E-state index is 13.5. The molecule has 0 amide bonds. The Bertz CT molecular complexity index is 622. The number of rotatable bonds is 4. The molecule has 2 aromatic carbocycles. The summed E-state index contributed by atoms with van der Waals surface area (Å²) in [5.74, 6) is -0.156. The predicted molar refractivity (Wildman–Crippen MR) is 85.3 cm³/mol. The van der Waals surface area contributed by atoms with Gasteiger partial charge in [0.2, 0.25) is 0 Å². The van der Waals surface area contributed by atoms with E-state index in [1.807, 2.05) is 13.1 Å². The lowest BCUT2D eigenvalue weighted by Crippen LogP contribution is -2.32. The highest BCUT2D eigenvalue weighted by atomic mass is 19.1. The molecule has 3 heteroatoms. The Morgan fingerprint density at radius 1 is 1.19 bits per heavy atom. The standard InChI is InChI=1S/C18H21FN2/c1-13-3-5-14(6-4-13)17(20-2)12-21-10-9-15-7-8-16(19)11-18(15)21/h3-8,11,17,20H,9-10,12H2,1-2H3. The van der Waals surface area contributed by atoms with E-state index in [9.17, 15) is 4.39 Å². The van der Waals surface area contributed by atoms with Crippen molar-refractivity contribution >= 4 is 5.69 Å². The van der Waals surface area contributed by atoms with Gasteiger partial charge < -0.3 is 10.2 Å². The van der Waals surface area contributed by atoms with Gasteiger partial charge in [-0.05, 0) is 43.7 Å². The van der Waals surface area contributed by atoms with E-state index in [-0.39, 0.29) is 11.9 Å². The van der Waals surface area contributed by atoms with Gasteiger partial charge in [-0.1, -0.05) is 35.9 Å². The fourth-order valence-corrected chi connectivity index (χ4v) is 2.99. The first-order valence-electron chi connectivity index (χ1n) is 7.44. The molecule has 1 aliphatic heterocycles. The summed E-state index contributed by atoms with van der Waals surface area (Å²) in [6.07, 6.45) is 1.000. The summed E-state index contributed by atoms with van der Waals surface area (Å²) in [7, 11) is 1.98. The number of halogens is 1. The molecule has 0 spiro atoms. The molecule has 2 aromatic rings. The second-order valence-corrected chi connectivity index (χ2v) is 5.72. The summed E-state index contributed by atoms with van der Waals surface area (Å²) in [6, 6.07) is 14.0. The van der Waals surface area contributed by atoms with Gasteiger partial charge >= 0.3 is 0 Å². The number of nitrogens with zero attached hydrogens (tertiary/aromatic N) is 1. The Kier molecular flexibility index (Phi) is 3.93. The van der Waals surface area contributed by atoms with Crippen molar-refractivity contribution < 1.29 is 4.39 Å². The average molecular weight is 284 g/mol. The number of anilines is 1. The van der Waals surface area contributed by atoms with Gasteiger partial charge in [-0.25, -0.2) is 4.39 Å². The summed E-state index contributed by atoms with van der Waals surface area (Å²) in [6.45, 7) is 3.91. The van der Waals surface area contributed by atoms with Crippen LogP contribution in [0, 0.1) is 12.7 Å². The second-order valence-electron chi connectivity index (χ2n) is 5.72. The van der Waals surface area contributed by atoms with Gasteiger partial charge in [0.1, 0.15) is 5.82 Å². The average Bonchev–Trinajstić information content (AvgIpc) is 2.88. The van der Waals surface area contributed by atoms with Crippen LogP contribution in [-0.4, -0.2) is 20.1 Å². The third-order valence-corrected chi connectivity index (χ3v) is 4.27. The highest BCUT2D eigenvalue weighted by Crippen LogP contribution is 2.30. The van der Waals surface area contributed by atoms with E-state index in [2.05, 4.69) is 41.4 Å². The Morgan fingerprint density at radius 3 is 2.67 bits per heavy atom. The quantitative estimate of drug-likeness (QED) is 0.925. The highest BCUT2D eigenvalue weighted by Gasteiger charge is 2.22. The molecule has 110 valence electrons. The van der Waals surface area contributed by atoms with Crippen molar-refractivity contribution in [3.63, 3.8) is 0 Å². The summed E-state index contributed by atoms with van der Waals surface area (Å²) in [5, 5.41) is 3.37. The molecule has 1 atom stereocenters. The van der Waals surface area contributed by atoms with Crippen LogP contribution in [0.5, 0.6) is 0 Å². The van der Waals surface area contributed by atoms with Gasteiger partial charge in [-0.3, -0.25) is 0 Å². The summed E-state index contributed by atoms with van der Waals surface area (Å²) in [5.41, 5.74) is 4.83. The van der Waals surface area contributed by atoms with E-state index in [0.717, 1.165) is 25.2 Å². The zero-order valence-electron chi connectivity index (χ0n) is 12.6. The molecule has 0 saturated heterocycles. The first kappa shape index (κ1) is 14.1. The van der Waals surface area contributed by atoms with Crippen molar-refractivity contribution in [3.8, 4) is 0 Å². The molecule has 1 aliphatic rings. The fraction of sp³-hybridized carbons (Fsp3) is 0.333. The molecule has 0 fully saturated rings. The number of hydrogen-bond acceptors (Lipinski definition) is 2. The lowest BCUT2D eigenvalue weighted by atomic mass is 10.0. The summed E-state index contributed by atoms with van der Waals surface area (Å²) < 4.78 is 13.5. The molecular formula is C18H21FN2. The third-order valence-electron chi connectivity index (χ3n) is 4.27. The Labute approximate surface area is 125 Å². The number of likely N-dealkylation sites (N-methyl/N-ethyl adjacent to an activating group) is 1. The molecule has 0 aromatic heterocycles. The lowest BCUT2D eigenvalue weighted by Gasteiger charge is -2.26. The second kappa shape index (κ2) is 5.86. The number of hydrogen-bond donors (Lipinski definition) is 1. The van der Waals surface area contributed by atoms with Gasteiger partial charge in [-0.2, -0.15) is 0 Å². The molecule has 1 N–H and O–H groups in total. The predicted octanol–water partition coefficient (Wildman–Crippen LogP) is 3.46. The number of benzene rings is 2. The smallest absolute Gasteiger partial charge is 0.125 e. The minimum atomic E-state index is -0.156. The number of fused-ring (bicyclic) bond motifs is 1. The maximum atomic E-state index is 13.5. The van der Waals surface area contributed by atoms with Crippen molar-refractivity contribution in [2.45, 2.75) is 19.4 Å². The molecule has 0 saturated carbocycles. The van der Waals surface area contributed by atoms with Crippen LogP contribution in [0.1, 0.15) is 22.7 Å². The number of aryl methyl sites for hydroxylation is 1. The minimum absolute atomic E-state index is 0.156. The van der Waals surface area contributed by atoms with Gasteiger partial charge in [-0.15, -0.1) is 0 Å². The van der Waals surface area contributed by atoms with Gasteiger partial charge in [0, 0.05) is 24.8 Å². The minimum Gasteiger partial charge on any atom is -0.369 e. The molecule has 2 nitrogen and oxygen atoms in total. The van der Waals surface area contributed by atoms with E-state index in [1.165, 1.54) is 16.7 Å². The zero-order chi connectivity index (χ0) is 14.8. The fourth-order valence-electron chi connectivity index (χ4n) is 2.99. The molecule has 1 unspecified atom stereocenters. The van der Waals surface area contributed by atoms with Gasteiger partial charge in [0.25, 0.3) is 0 Å². The normalized spacial score (nSPS) is 15.1. The zero-order valence-corrected chi connectivity index (χ0v) is 12.6. The van der Waals surface area contributed by atoms with Crippen molar-refractivity contribution in [1.82, 2.24) is 5.32 Å². The topological polar surface area (TPSA) is 15.3 Å². The SMILES string of the molecule is CNC(CN1CCc2ccc(F)cc21)c1ccc(C)cc1. The van der Waals surface area contributed by atoms with Crippen LogP contribution in [0.25, 0.3) is 0 Å². The largest absolute Gasteiger partial charge is 0.369 e. The van der Waals surface area contributed by atoms with Crippen LogP contribution in [0.15, 0.2) is 42.5 Å².